The zero-order valence-electron chi connectivity index (χ0n) is 10.5. The number of benzene rings is 1. The molecule has 0 radical (unpaired) electrons. The highest BCUT2D eigenvalue weighted by molar-refractivity contribution is 5.36. The molecule has 1 aromatic carbocycles. The van der Waals surface area contributed by atoms with E-state index in [1.807, 2.05) is 0 Å². The van der Waals surface area contributed by atoms with Crippen LogP contribution in [0.2, 0.25) is 0 Å². The molecule has 2 heteroatoms. The Morgan fingerprint density at radius 1 is 1.07 bits per heavy atom. The fraction of sp³-hybridized carbons (Fsp3) is 0.538. The van der Waals surface area contributed by atoms with E-state index >= 15 is 0 Å². The molecule has 0 aliphatic carbocycles. The van der Waals surface area contributed by atoms with Gasteiger partial charge in [-0.3, -0.25) is 5.43 Å². The normalized spacial score (nSPS) is 11.1. The molecule has 0 atom stereocenters. The van der Waals surface area contributed by atoms with Crippen molar-refractivity contribution in [2.75, 3.05) is 13.6 Å². The minimum atomic E-state index is 0.914. The Bertz CT molecular complexity index is 332. The van der Waals surface area contributed by atoms with Gasteiger partial charge in [0.05, 0.1) is 0 Å². The summed E-state index contributed by atoms with van der Waals surface area (Å²) in [6.45, 7) is 10.6. The maximum absolute atomic E-state index is 3.37. The number of nitrogens with zero attached hydrogens (tertiary/aromatic N) is 1. The average Bonchev–Trinajstić information content (AvgIpc) is 2.21. The van der Waals surface area contributed by atoms with Crippen molar-refractivity contribution >= 4 is 0 Å². The Balaban J connectivity index is 2.73. The molecule has 15 heavy (non-hydrogen) atoms. The molecule has 84 valence electrons. The van der Waals surface area contributed by atoms with Gasteiger partial charge in [0, 0.05) is 20.1 Å². The van der Waals surface area contributed by atoms with Crippen LogP contribution in [0.4, 0.5) is 0 Å². The van der Waals surface area contributed by atoms with Crippen LogP contribution < -0.4 is 5.43 Å². The number of hydrogen-bond acceptors (Lipinski definition) is 2. The van der Waals surface area contributed by atoms with Gasteiger partial charge in [0.1, 0.15) is 0 Å². The molecule has 0 aliphatic heterocycles. The van der Waals surface area contributed by atoms with Gasteiger partial charge >= 0.3 is 0 Å². The van der Waals surface area contributed by atoms with E-state index in [9.17, 15) is 0 Å². The first-order valence-corrected chi connectivity index (χ1v) is 5.56. The maximum atomic E-state index is 3.37. The molecular formula is C13H22N2. The fourth-order valence-corrected chi connectivity index (χ4v) is 1.54. The quantitative estimate of drug-likeness (QED) is 0.762. The summed E-state index contributed by atoms with van der Waals surface area (Å²) >= 11 is 0. The second-order valence-corrected chi connectivity index (χ2v) is 4.21. The first kappa shape index (κ1) is 12.2. The molecule has 0 aromatic heterocycles. The maximum Gasteiger partial charge on any atom is 0.0356 e. The van der Waals surface area contributed by atoms with E-state index in [0.29, 0.717) is 0 Å². The van der Waals surface area contributed by atoms with Gasteiger partial charge in [-0.2, -0.15) is 0 Å². The average molecular weight is 206 g/mol. The number of hydrazine groups is 1. The summed E-state index contributed by atoms with van der Waals surface area (Å²) in [5.74, 6) is 0. The summed E-state index contributed by atoms with van der Waals surface area (Å²) in [6, 6.07) is 4.54. The van der Waals surface area contributed by atoms with Gasteiger partial charge in [-0.1, -0.05) is 19.1 Å². The highest BCUT2D eigenvalue weighted by atomic mass is 15.5. The lowest BCUT2D eigenvalue weighted by molar-refractivity contribution is 0.244. The van der Waals surface area contributed by atoms with E-state index in [0.717, 1.165) is 13.1 Å². The molecule has 0 unspecified atom stereocenters. The zero-order valence-corrected chi connectivity index (χ0v) is 10.5. The van der Waals surface area contributed by atoms with Crippen LogP contribution in [-0.2, 0) is 6.54 Å². The Labute approximate surface area is 93.3 Å². The van der Waals surface area contributed by atoms with Crippen LogP contribution in [0.15, 0.2) is 12.1 Å². The molecule has 2 nitrogen and oxygen atoms in total. The lowest BCUT2D eigenvalue weighted by Crippen LogP contribution is -2.33. The highest BCUT2D eigenvalue weighted by Crippen LogP contribution is 2.14. The summed E-state index contributed by atoms with van der Waals surface area (Å²) in [5, 5.41) is 2.11. The van der Waals surface area contributed by atoms with Crippen LogP contribution in [0.5, 0.6) is 0 Å². The summed E-state index contributed by atoms with van der Waals surface area (Å²) in [4.78, 5) is 0. The van der Waals surface area contributed by atoms with Crippen molar-refractivity contribution in [3.05, 3.63) is 34.4 Å². The van der Waals surface area contributed by atoms with E-state index in [-0.39, 0.29) is 0 Å². The number of aryl methyl sites for hydroxylation is 3. The number of nitrogens with one attached hydrogen (secondary N) is 1. The molecule has 0 aliphatic rings. The van der Waals surface area contributed by atoms with Gasteiger partial charge in [0.15, 0.2) is 0 Å². The van der Waals surface area contributed by atoms with Gasteiger partial charge in [-0.25, -0.2) is 5.01 Å². The second kappa shape index (κ2) is 5.29. The standard InChI is InChI=1S/C13H22N2/c1-6-15(5)14-9-13-8-11(3)10(2)7-12(13)4/h7-8,14H,6,9H2,1-5H3. The van der Waals surface area contributed by atoms with Gasteiger partial charge < -0.3 is 0 Å². The molecule has 0 bridgehead atoms. The number of hydrogen-bond donors (Lipinski definition) is 1. The monoisotopic (exact) mass is 206 g/mol. The van der Waals surface area contributed by atoms with Crippen LogP contribution in [0.25, 0.3) is 0 Å². The van der Waals surface area contributed by atoms with E-state index in [4.69, 9.17) is 0 Å². The van der Waals surface area contributed by atoms with Crippen LogP contribution in [0.3, 0.4) is 0 Å². The first-order chi connectivity index (χ1) is 7.04. The van der Waals surface area contributed by atoms with E-state index in [1.54, 1.807) is 0 Å². The van der Waals surface area contributed by atoms with Crippen molar-refractivity contribution in [1.29, 1.82) is 0 Å². The highest BCUT2D eigenvalue weighted by Gasteiger charge is 2.02. The van der Waals surface area contributed by atoms with E-state index in [1.165, 1.54) is 22.3 Å². The minimum Gasteiger partial charge on any atom is -0.251 e. The van der Waals surface area contributed by atoms with Crippen molar-refractivity contribution in [2.24, 2.45) is 0 Å². The summed E-state index contributed by atoms with van der Waals surface area (Å²) in [7, 11) is 2.07. The number of rotatable bonds is 4. The lowest BCUT2D eigenvalue weighted by Gasteiger charge is -2.17. The Morgan fingerprint density at radius 3 is 2.27 bits per heavy atom. The molecule has 1 aromatic rings. The minimum absolute atomic E-state index is 0.914. The van der Waals surface area contributed by atoms with Crippen LogP contribution in [0.1, 0.15) is 29.2 Å². The lowest BCUT2D eigenvalue weighted by atomic mass is 10.0. The van der Waals surface area contributed by atoms with Crippen molar-refractivity contribution in [3.63, 3.8) is 0 Å². The zero-order chi connectivity index (χ0) is 11.4. The van der Waals surface area contributed by atoms with Gasteiger partial charge in [0.2, 0.25) is 0 Å². The Morgan fingerprint density at radius 2 is 1.67 bits per heavy atom. The summed E-state index contributed by atoms with van der Waals surface area (Å²) in [6.07, 6.45) is 0. The largest absolute Gasteiger partial charge is 0.251 e. The summed E-state index contributed by atoms with van der Waals surface area (Å²) < 4.78 is 0. The van der Waals surface area contributed by atoms with Gasteiger partial charge in [-0.05, 0) is 43.0 Å². The third-order valence-electron chi connectivity index (χ3n) is 2.97. The first-order valence-electron chi connectivity index (χ1n) is 5.56. The Hall–Kier alpha value is -0.860. The smallest absolute Gasteiger partial charge is 0.0356 e. The molecule has 0 spiro atoms. The van der Waals surface area contributed by atoms with Crippen molar-refractivity contribution in [1.82, 2.24) is 10.4 Å². The predicted molar refractivity (Wildman–Crippen MR) is 65.8 cm³/mol. The molecule has 0 saturated carbocycles. The molecule has 1 rings (SSSR count). The topological polar surface area (TPSA) is 15.3 Å². The van der Waals surface area contributed by atoms with Crippen LogP contribution >= 0.6 is 0 Å². The molecule has 0 amide bonds. The van der Waals surface area contributed by atoms with E-state index < -0.39 is 0 Å². The summed E-state index contributed by atoms with van der Waals surface area (Å²) in [5.41, 5.74) is 8.87. The fourth-order valence-electron chi connectivity index (χ4n) is 1.54. The third-order valence-corrected chi connectivity index (χ3v) is 2.97. The SMILES string of the molecule is CCN(C)NCc1cc(C)c(C)cc1C. The third kappa shape index (κ3) is 3.33. The van der Waals surface area contributed by atoms with E-state index in [2.05, 4.69) is 57.3 Å². The van der Waals surface area contributed by atoms with Crippen molar-refractivity contribution in [2.45, 2.75) is 34.2 Å². The molecule has 0 saturated heterocycles. The second-order valence-electron chi connectivity index (χ2n) is 4.21. The van der Waals surface area contributed by atoms with Crippen LogP contribution in [0, 0.1) is 20.8 Å². The van der Waals surface area contributed by atoms with Crippen LogP contribution in [-0.4, -0.2) is 18.6 Å². The molecular weight excluding hydrogens is 184 g/mol. The predicted octanol–water partition coefficient (Wildman–Crippen LogP) is 2.57. The van der Waals surface area contributed by atoms with Gasteiger partial charge in [0.25, 0.3) is 0 Å². The molecule has 1 N–H and O–H groups in total. The van der Waals surface area contributed by atoms with Crippen molar-refractivity contribution < 1.29 is 0 Å². The molecule has 0 heterocycles. The van der Waals surface area contributed by atoms with Gasteiger partial charge in [-0.15, -0.1) is 0 Å². The van der Waals surface area contributed by atoms with Crippen molar-refractivity contribution in [3.8, 4) is 0 Å². The Kier molecular flexibility index (Phi) is 4.30. The molecule has 0 fully saturated rings.